The van der Waals surface area contributed by atoms with Crippen LogP contribution in [-0.2, 0) is 26.2 Å². The maximum absolute atomic E-state index is 12.5. The number of carbonyl (C=O) groups is 1. The van der Waals surface area contributed by atoms with Gasteiger partial charge in [0.05, 0.1) is 12.9 Å². The van der Waals surface area contributed by atoms with Gasteiger partial charge in [-0.2, -0.15) is 8.42 Å². The normalized spacial score (nSPS) is 11.3. The summed E-state index contributed by atoms with van der Waals surface area (Å²) in [5.41, 5.74) is 0.918. The second kappa shape index (κ2) is 11.9. The van der Waals surface area contributed by atoms with Crippen LogP contribution < -0.4 is 4.18 Å². The number of methoxy groups -OCH3 is 1. The molecule has 1 aromatic carbocycles. The third-order valence-electron chi connectivity index (χ3n) is 3.96. The molecule has 148 valence electrons. The van der Waals surface area contributed by atoms with Gasteiger partial charge in [0.15, 0.2) is 0 Å². The Hall–Kier alpha value is -1.60. The molecule has 26 heavy (non-hydrogen) atoms. The predicted octanol–water partition coefficient (Wildman–Crippen LogP) is 3.36. The molecule has 0 aliphatic carbocycles. The van der Waals surface area contributed by atoms with Gasteiger partial charge in [0.1, 0.15) is 5.75 Å². The van der Waals surface area contributed by atoms with E-state index in [0.717, 1.165) is 24.7 Å². The Morgan fingerprint density at radius 3 is 2.31 bits per heavy atom. The molecule has 0 N–H and O–H groups in total. The zero-order chi connectivity index (χ0) is 19.4. The number of rotatable bonds is 13. The zero-order valence-electron chi connectivity index (χ0n) is 16.1. The minimum absolute atomic E-state index is 0.120. The van der Waals surface area contributed by atoms with E-state index in [2.05, 4.69) is 6.92 Å². The molecule has 1 rings (SSSR count). The third kappa shape index (κ3) is 9.77. The van der Waals surface area contributed by atoms with E-state index in [1.807, 2.05) is 0 Å². The number of hydrogen-bond donors (Lipinski definition) is 0. The predicted molar refractivity (Wildman–Crippen MR) is 103 cm³/mol. The van der Waals surface area contributed by atoms with Crippen molar-refractivity contribution < 1.29 is 22.1 Å². The topological polar surface area (TPSA) is 72.9 Å². The highest BCUT2D eigenvalue weighted by Crippen LogP contribution is 2.16. The van der Waals surface area contributed by atoms with E-state index in [4.69, 9.17) is 8.92 Å². The number of carbonyl (C=O) groups excluding carboxylic acids is 1. The Bertz CT molecular complexity index is 628. The summed E-state index contributed by atoms with van der Waals surface area (Å²) in [6.45, 7) is 3.66. The van der Waals surface area contributed by atoms with Crippen molar-refractivity contribution in [3.63, 3.8) is 0 Å². The second-order valence-electron chi connectivity index (χ2n) is 6.40. The van der Waals surface area contributed by atoms with Gasteiger partial charge in [-0.25, -0.2) is 0 Å². The maximum atomic E-state index is 12.5. The van der Waals surface area contributed by atoms with Crippen molar-refractivity contribution >= 4 is 16.0 Å². The molecule has 0 radical (unpaired) electrons. The van der Waals surface area contributed by atoms with Crippen LogP contribution in [0.5, 0.6) is 5.75 Å². The van der Waals surface area contributed by atoms with Crippen molar-refractivity contribution in [2.75, 3.05) is 26.5 Å². The molecule has 0 fully saturated rings. The largest absolute Gasteiger partial charge is 0.383 e. The van der Waals surface area contributed by atoms with Crippen molar-refractivity contribution in [2.45, 2.75) is 52.0 Å². The molecule has 0 bridgehead atoms. The minimum Gasteiger partial charge on any atom is -0.383 e. The molecule has 0 aliphatic rings. The Kier molecular flexibility index (Phi) is 10.3. The number of benzene rings is 1. The highest BCUT2D eigenvalue weighted by molar-refractivity contribution is 7.86. The zero-order valence-corrected chi connectivity index (χ0v) is 16.9. The van der Waals surface area contributed by atoms with Crippen molar-refractivity contribution in [1.29, 1.82) is 0 Å². The molecule has 0 heterocycles. The summed E-state index contributed by atoms with van der Waals surface area (Å²) in [4.78, 5) is 14.3. The van der Waals surface area contributed by atoms with E-state index in [1.165, 1.54) is 19.3 Å². The van der Waals surface area contributed by atoms with E-state index < -0.39 is 10.1 Å². The van der Waals surface area contributed by atoms with Crippen LogP contribution in [0, 0.1) is 0 Å². The fraction of sp³-hybridized carbons (Fsp3) is 0.632. The Labute approximate surface area is 157 Å². The lowest BCUT2D eigenvalue weighted by Crippen LogP contribution is -2.33. The van der Waals surface area contributed by atoms with Crippen LogP contribution in [0.4, 0.5) is 0 Å². The molecular formula is C19H31NO5S. The molecule has 0 saturated carbocycles. The SMILES string of the molecule is CCCCCCCC(=O)N(CCOC)Cc1ccc(OS(C)(=O)=O)cc1. The van der Waals surface area contributed by atoms with Crippen LogP contribution in [-0.4, -0.2) is 45.7 Å². The lowest BCUT2D eigenvalue weighted by Gasteiger charge is -2.23. The van der Waals surface area contributed by atoms with Gasteiger partial charge in [-0.05, 0) is 24.1 Å². The average molecular weight is 386 g/mol. The number of nitrogens with zero attached hydrogens (tertiary/aromatic N) is 1. The van der Waals surface area contributed by atoms with Gasteiger partial charge in [0.2, 0.25) is 5.91 Å². The molecule has 0 atom stereocenters. The summed E-state index contributed by atoms with van der Waals surface area (Å²) < 4.78 is 32.2. The highest BCUT2D eigenvalue weighted by atomic mass is 32.2. The van der Waals surface area contributed by atoms with Crippen molar-refractivity contribution in [3.8, 4) is 5.75 Å². The van der Waals surface area contributed by atoms with Gasteiger partial charge in [-0.3, -0.25) is 4.79 Å². The van der Waals surface area contributed by atoms with Crippen molar-refractivity contribution in [1.82, 2.24) is 4.90 Å². The number of hydrogen-bond acceptors (Lipinski definition) is 5. The van der Waals surface area contributed by atoms with Gasteiger partial charge in [-0.15, -0.1) is 0 Å². The summed E-state index contributed by atoms with van der Waals surface area (Å²) in [6.07, 6.45) is 7.11. The van der Waals surface area contributed by atoms with Gasteiger partial charge >= 0.3 is 10.1 Å². The van der Waals surface area contributed by atoms with Crippen LogP contribution in [0.15, 0.2) is 24.3 Å². The van der Waals surface area contributed by atoms with Crippen molar-refractivity contribution in [3.05, 3.63) is 29.8 Å². The Morgan fingerprint density at radius 2 is 1.73 bits per heavy atom. The lowest BCUT2D eigenvalue weighted by atomic mass is 10.1. The number of amides is 1. The van der Waals surface area contributed by atoms with Crippen LogP contribution in [0.25, 0.3) is 0 Å². The molecule has 0 saturated heterocycles. The molecule has 0 aliphatic heterocycles. The van der Waals surface area contributed by atoms with Crippen LogP contribution in [0.1, 0.15) is 51.0 Å². The first-order valence-electron chi connectivity index (χ1n) is 9.11. The fourth-order valence-electron chi connectivity index (χ4n) is 2.58. The summed E-state index contributed by atoms with van der Waals surface area (Å²) in [6, 6.07) is 6.74. The summed E-state index contributed by atoms with van der Waals surface area (Å²) >= 11 is 0. The first-order chi connectivity index (χ1) is 12.4. The molecule has 1 aromatic rings. The minimum atomic E-state index is -3.54. The van der Waals surface area contributed by atoms with E-state index in [1.54, 1.807) is 36.3 Å². The Morgan fingerprint density at radius 1 is 1.08 bits per heavy atom. The van der Waals surface area contributed by atoms with Gasteiger partial charge in [0, 0.05) is 26.6 Å². The molecule has 1 amide bonds. The molecule has 7 heteroatoms. The van der Waals surface area contributed by atoms with Gasteiger partial charge in [-0.1, -0.05) is 44.7 Å². The second-order valence-corrected chi connectivity index (χ2v) is 7.98. The monoisotopic (exact) mass is 385 g/mol. The van der Waals surface area contributed by atoms with E-state index in [9.17, 15) is 13.2 Å². The number of ether oxygens (including phenoxy) is 1. The number of unbranched alkanes of at least 4 members (excludes halogenated alkanes) is 4. The van der Waals surface area contributed by atoms with Crippen LogP contribution in [0.3, 0.4) is 0 Å². The fourth-order valence-corrected chi connectivity index (χ4v) is 3.04. The van der Waals surface area contributed by atoms with Gasteiger partial charge < -0.3 is 13.8 Å². The average Bonchev–Trinajstić information content (AvgIpc) is 2.58. The van der Waals surface area contributed by atoms with E-state index in [0.29, 0.717) is 26.1 Å². The van der Waals surface area contributed by atoms with Crippen molar-refractivity contribution in [2.24, 2.45) is 0 Å². The molecular weight excluding hydrogens is 354 g/mol. The van der Waals surface area contributed by atoms with E-state index >= 15 is 0 Å². The summed E-state index contributed by atoms with van der Waals surface area (Å²) in [7, 11) is -1.92. The maximum Gasteiger partial charge on any atom is 0.306 e. The molecule has 0 unspecified atom stereocenters. The first-order valence-corrected chi connectivity index (χ1v) is 10.9. The van der Waals surface area contributed by atoms with Crippen LogP contribution >= 0.6 is 0 Å². The summed E-state index contributed by atoms with van der Waals surface area (Å²) in [5.74, 6) is 0.386. The summed E-state index contributed by atoms with van der Waals surface area (Å²) in [5, 5.41) is 0. The molecule has 0 aromatic heterocycles. The highest BCUT2D eigenvalue weighted by Gasteiger charge is 2.14. The molecule has 6 nitrogen and oxygen atoms in total. The van der Waals surface area contributed by atoms with E-state index in [-0.39, 0.29) is 11.7 Å². The Balaban J connectivity index is 2.61. The first kappa shape index (κ1) is 22.4. The molecule has 0 spiro atoms. The quantitative estimate of drug-likeness (QED) is 0.384. The van der Waals surface area contributed by atoms with Crippen LogP contribution in [0.2, 0.25) is 0 Å². The smallest absolute Gasteiger partial charge is 0.306 e. The lowest BCUT2D eigenvalue weighted by molar-refractivity contribution is -0.132. The third-order valence-corrected chi connectivity index (χ3v) is 4.45. The standard InChI is InChI=1S/C19H31NO5S/c1-4-5-6-7-8-9-19(21)20(14-15-24-2)16-17-10-12-18(13-11-17)25-26(3,22)23/h10-13H,4-9,14-16H2,1-3H3. The van der Waals surface area contributed by atoms with Gasteiger partial charge in [0.25, 0.3) is 0 Å².